The molecule has 0 saturated heterocycles. The lowest BCUT2D eigenvalue weighted by molar-refractivity contribution is -0.133. The van der Waals surface area contributed by atoms with Crippen LogP contribution in [0.4, 0.5) is 5.95 Å². The first-order valence-electron chi connectivity index (χ1n) is 3.89. The molecule has 0 aliphatic heterocycles. The standard InChI is InChI=1S/C7H11N3O3S/c1-10(2)7-8-5(13-9-7)3-14-4-6(11)12/h3-4H2,1-2H3,(H,11,12). The predicted octanol–water partition coefficient (Wildman–Crippen LogP) is 0.453. The summed E-state index contributed by atoms with van der Waals surface area (Å²) >= 11 is 1.23. The van der Waals surface area contributed by atoms with Gasteiger partial charge in [-0.2, -0.15) is 4.98 Å². The van der Waals surface area contributed by atoms with Gasteiger partial charge in [-0.05, 0) is 5.16 Å². The Hall–Kier alpha value is -1.24. The summed E-state index contributed by atoms with van der Waals surface area (Å²) in [5, 5.41) is 12.1. The highest BCUT2D eigenvalue weighted by atomic mass is 32.2. The fourth-order valence-corrected chi connectivity index (χ4v) is 1.28. The molecule has 0 bridgehead atoms. The first-order valence-corrected chi connectivity index (χ1v) is 5.04. The second-order valence-electron chi connectivity index (χ2n) is 2.77. The number of thioether (sulfide) groups is 1. The molecule has 7 heteroatoms. The van der Waals surface area contributed by atoms with Gasteiger partial charge in [0.05, 0.1) is 11.5 Å². The third-order valence-electron chi connectivity index (χ3n) is 1.31. The number of carbonyl (C=O) groups is 1. The minimum absolute atomic E-state index is 0.0413. The Bertz CT molecular complexity index is 313. The third kappa shape index (κ3) is 3.25. The highest BCUT2D eigenvalue weighted by Crippen LogP contribution is 2.12. The van der Waals surface area contributed by atoms with Gasteiger partial charge < -0.3 is 14.5 Å². The van der Waals surface area contributed by atoms with Gasteiger partial charge in [0.2, 0.25) is 5.89 Å². The molecule has 14 heavy (non-hydrogen) atoms. The average molecular weight is 217 g/mol. The van der Waals surface area contributed by atoms with E-state index >= 15 is 0 Å². The van der Waals surface area contributed by atoms with Crippen molar-refractivity contribution < 1.29 is 14.4 Å². The fourth-order valence-electron chi connectivity index (χ4n) is 0.712. The summed E-state index contributed by atoms with van der Waals surface area (Å²) in [5.74, 6) is 0.561. The molecule has 0 amide bonds. The summed E-state index contributed by atoms with van der Waals surface area (Å²) in [7, 11) is 3.61. The number of carboxylic acid groups (broad SMARTS) is 1. The van der Waals surface area contributed by atoms with Gasteiger partial charge in [-0.15, -0.1) is 11.8 Å². The monoisotopic (exact) mass is 217 g/mol. The molecule has 0 radical (unpaired) electrons. The van der Waals surface area contributed by atoms with Crippen LogP contribution in [0.5, 0.6) is 0 Å². The maximum Gasteiger partial charge on any atom is 0.313 e. The zero-order chi connectivity index (χ0) is 10.6. The minimum atomic E-state index is -0.845. The van der Waals surface area contributed by atoms with E-state index in [4.69, 9.17) is 9.63 Å². The van der Waals surface area contributed by atoms with Crippen molar-refractivity contribution in [2.75, 3.05) is 24.7 Å². The van der Waals surface area contributed by atoms with Gasteiger partial charge in [-0.25, -0.2) is 0 Å². The number of rotatable bonds is 5. The Balaban J connectivity index is 2.40. The normalized spacial score (nSPS) is 10.1. The molecule has 1 rings (SSSR count). The van der Waals surface area contributed by atoms with Crippen LogP contribution in [0.15, 0.2) is 4.52 Å². The summed E-state index contributed by atoms with van der Waals surface area (Å²) in [4.78, 5) is 16.0. The Labute approximate surface area is 85.3 Å². The molecule has 6 nitrogen and oxygen atoms in total. The second-order valence-corrected chi connectivity index (χ2v) is 3.75. The average Bonchev–Trinajstić information content (AvgIpc) is 2.52. The predicted molar refractivity (Wildman–Crippen MR) is 52.4 cm³/mol. The van der Waals surface area contributed by atoms with Crippen LogP contribution in [-0.4, -0.2) is 41.1 Å². The van der Waals surface area contributed by atoms with E-state index in [0.717, 1.165) is 0 Å². The summed E-state index contributed by atoms with van der Waals surface area (Å²) in [6.07, 6.45) is 0. The lowest BCUT2D eigenvalue weighted by Gasteiger charge is -2.02. The molecule has 1 aromatic heterocycles. The van der Waals surface area contributed by atoms with E-state index < -0.39 is 5.97 Å². The lowest BCUT2D eigenvalue weighted by Crippen LogP contribution is -2.10. The molecule has 0 aliphatic rings. The second kappa shape index (κ2) is 4.85. The van der Waals surface area contributed by atoms with E-state index in [1.165, 1.54) is 11.8 Å². The van der Waals surface area contributed by atoms with Crippen molar-refractivity contribution in [2.24, 2.45) is 0 Å². The van der Waals surface area contributed by atoms with Gasteiger partial charge in [0, 0.05) is 14.1 Å². The van der Waals surface area contributed by atoms with E-state index in [2.05, 4.69) is 10.1 Å². The number of hydrogen-bond acceptors (Lipinski definition) is 6. The van der Waals surface area contributed by atoms with E-state index in [1.54, 1.807) is 19.0 Å². The van der Waals surface area contributed by atoms with Crippen LogP contribution in [0.25, 0.3) is 0 Å². The van der Waals surface area contributed by atoms with Crippen molar-refractivity contribution in [3.8, 4) is 0 Å². The van der Waals surface area contributed by atoms with Crippen LogP contribution in [0.3, 0.4) is 0 Å². The number of aromatic nitrogens is 2. The third-order valence-corrected chi connectivity index (χ3v) is 2.21. The fraction of sp³-hybridized carbons (Fsp3) is 0.571. The Morgan fingerprint density at radius 1 is 1.64 bits per heavy atom. The van der Waals surface area contributed by atoms with Crippen molar-refractivity contribution >= 4 is 23.7 Å². The molecule has 1 heterocycles. The largest absolute Gasteiger partial charge is 0.481 e. The maximum absolute atomic E-state index is 10.2. The van der Waals surface area contributed by atoms with Gasteiger partial charge in [0.15, 0.2) is 0 Å². The van der Waals surface area contributed by atoms with Crippen molar-refractivity contribution in [1.82, 2.24) is 10.1 Å². The van der Waals surface area contributed by atoms with E-state index in [9.17, 15) is 4.79 Å². The number of nitrogens with zero attached hydrogens (tertiary/aromatic N) is 3. The zero-order valence-corrected chi connectivity index (χ0v) is 8.74. The van der Waals surface area contributed by atoms with Crippen molar-refractivity contribution in [3.05, 3.63) is 5.89 Å². The molecule has 0 atom stereocenters. The highest BCUT2D eigenvalue weighted by Gasteiger charge is 2.08. The number of carboxylic acids is 1. The van der Waals surface area contributed by atoms with Crippen LogP contribution in [0.2, 0.25) is 0 Å². The number of anilines is 1. The first kappa shape index (κ1) is 10.8. The Kier molecular flexibility index (Phi) is 3.75. The smallest absolute Gasteiger partial charge is 0.313 e. The van der Waals surface area contributed by atoms with Gasteiger partial charge in [0.1, 0.15) is 0 Å². The molecule has 0 fully saturated rings. The summed E-state index contributed by atoms with van der Waals surface area (Å²) < 4.78 is 4.89. The van der Waals surface area contributed by atoms with Crippen LogP contribution in [0.1, 0.15) is 5.89 Å². The highest BCUT2D eigenvalue weighted by molar-refractivity contribution is 7.99. The minimum Gasteiger partial charge on any atom is -0.481 e. The van der Waals surface area contributed by atoms with Crippen LogP contribution >= 0.6 is 11.8 Å². The Morgan fingerprint density at radius 3 is 2.86 bits per heavy atom. The van der Waals surface area contributed by atoms with Crippen molar-refractivity contribution in [1.29, 1.82) is 0 Å². The van der Waals surface area contributed by atoms with Crippen LogP contribution in [-0.2, 0) is 10.5 Å². The zero-order valence-electron chi connectivity index (χ0n) is 7.93. The van der Waals surface area contributed by atoms with Crippen LogP contribution in [0, 0.1) is 0 Å². The summed E-state index contributed by atoms with van der Waals surface area (Å²) in [6, 6.07) is 0. The van der Waals surface area contributed by atoms with Gasteiger partial charge in [-0.1, -0.05) is 0 Å². The number of hydrogen-bond donors (Lipinski definition) is 1. The topological polar surface area (TPSA) is 79.5 Å². The molecule has 78 valence electrons. The van der Waals surface area contributed by atoms with Crippen molar-refractivity contribution in [2.45, 2.75) is 5.75 Å². The van der Waals surface area contributed by atoms with Crippen LogP contribution < -0.4 is 4.90 Å². The molecule has 0 aromatic carbocycles. The molecule has 0 saturated carbocycles. The van der Waals surface area contributed by atoms with Gasteiger partial charge >= 0.3 is 5.97 Å². The van der Waals surface area contributed by atoms with E-state index in [1.807, 2.05) is 0 Å². The SMILES string of the molecule is CN(C)c1noc(CSCC(=O)O)n1. The maximum atomic E-state index is 10.2. The molecule has 0 aliphatic carbocycles. The van der Waals surface area contributed by atoms with Crippen molar-refractivity contribution in [3.63, 3.8) is 0 Å². The van der Waals surface area contributed by atoms with Gasteiger partial charge in [0.25, 0.3) is 5.95 Å². The Morgan fingerprint density at radius 2 is 2.36 bits per heavy atom. The quantitative estimate of drug-likeness (QED) is 0.767. The van der Waals surface area contributed by atoms with Gasteiger partial charge in [-0.3, -0.25) is 4.79 Å². The molecule has 0 spiro atoms. The summed E-state index contributed by atoms with van der Waals surface area (Å²) in [6.45, 7) is 0. The molecule has 1 aromatic rings. The molecule has 1 N–H and O–H groups in total. The lowest BCUT2D eigenvalue weighted by atomic mass is 10.7. The molecular formula is C7H11N3O3S. The summed E-state index contributed by atoms with van der Waals surface area (Å²) in [5.41, 5.74) is 0. The molecule has 0 unspecified atom stereocenters. The van der Waals surface area contributed by atoms with E-state index in [0.29, 0.717) is 17.6 Å². The first-order chi connectivity index (χ1) is 6.59. The number of aliphatic carboxylic acids is 1. The van der Waals surface area contributed by atoms with E-state index in [-0.39, 0.29) is 5.75 Å². The molecular weight excluding hydrogens is 206 g/mol.